The number of nitrogens with one attached hydrogen (secondary N) is 1. The van der Waals surface area contributed by atoms with Gasteiger partial charge < -0.3 is 25.3 Å². The molecule has 1 atom stereocenters. The number of carbonyl (C=O) groups excluding carboxylic acids is 2. The van der Waals surface area contributed by atoms with Crippen LogP contribution in [0.3, 0.4) is 0 Å². The summed E-state index contributed by atoms with van der Waals surface area (Å²) in [6, 6.07) is 6.72. The molecule has 2 aromatic rings. The quantitative estimate of drug-likeness (QED) is 0.751. The van der Waals surface area contributed by atoms with Crippen LogP contribution in [0.4, 0.5) is 5.69 Å². The van der Waals surface area contributed by atoms with E-state index in [1.807, 2.05) is 12.1 Å². The van der Waals surface area contributed by atoms with Gasteiger partial charge in [0.15, 0.2) is 0 Å². The van der Waals surface area contributed by atoms with Crippen LogP contribution in [0.15, 0.2) is 36.8 Å². The number of anilines is 1. The van der Waals surface area contributed by atoms with Gasteiger partial charge in [0.2, 0.25) is 5.91 Å². The molecule has 0 saturated carbocycles. The number of amides is 1. The zero-order chi connectivity index (χ0) is 18.5. The first-order valence-electron chi connectivity index (χ1n) is 8.53. The van der Waals surface area contributed by atoms with Crippen LogP contribution in [0.5, 0.6) is 0 Å². The van der Waals surface area contributed by atoms with Gasteiger partial charge >= 0.3 is 5.97 Å². The molecule has 0 bridgehead atoms. The fraction of sp³-hybridized carbons (Fsp3) is 0.389. The Morgan fingerprint density at radius 2 is 1.92 bits per heavy atom. The molecule has 3 rings (SSSR count). The molecule has 1 aromatic carbocycles. The average Bonchev–Trinajstić information content (AvgIpc) is 3.20. The summed E-state index contributed by atoms with van der Waals surface area (Å²) in [5.74, 6) is -0.390. The first-order valence-corrected chi connectivity index (χ1v) is 8.53. The van der Waals surface area contributed by atoms with Gasteiger partial charge in [0.25, 0.3) is 0 Å². The Morgan fingerprint density at radius 1 is 1.23 bits per heavy atom. The number of nitrogens with zero attached hydrogens (tertiary/aromatic N) is 3. The van der Waals surface area contributed by atoms with Crippen molar-refractivity contribution in [3.8, 4) is 0 Å². The van der Waals surface area contributed by atoms with Gasteiger partial charge in [0, 0.05) is 50.2 Å². The number of piperazine rings is 1. The highest BCUT2D eigenvalue weighted by molar-refractivity contribution is 5.89. The number of esters is 1. The van der Waals surface area contributed by atoms with Gasteiger partial charge in [-0.15, -0.1) is 0 Å². The first kappa shape index (κ1) is 17.9. The van der Waals surface area contributed by atoms with Gasteiger partial charge in [-0.1, -0.05) is 0 Å². The number of imidazole rings is 1. The summed E-state index contributed by atoms with van der Waals surface area (Å²) in [5, 5.41) is 0. The molecule has 1 aliphatic rings. The van der Waals surface area contributed by atoms with E-state index in [-0.39, 0.29) is 11.9 Å². The van der Waals surface area contributed by atoms with Crippen molar-refractivity contribution in [2.24, 2.45) is 5.73 Å². The number of hydrogen-bond acceptors (Lipinski definition) is 6. The second kappa shape index (κ2) is 8.01. The van der Waals surface area contributed by atoms with E-state index in [9.17, 15) is 9.59 Å². The Labute approximate surface area is 151 Å². The van der Waals surface area contributed by atoms with Crippen LogP contribution in [0.1, 0.15) is 16.1 Å². The largest absolute Gasteiger partial charge is 0.465 e. The van der Waals surface area contributed by atoms with Gasteiger partial charge in [-0.3, -0.25) is 4.79 Å². The van der Waals surface area contributed by atoms with Crippen molar-refractivity contribution < 1.29 is 14.3 Å². The van der Waals surface area contributed by atoms with Crippen molar-refractivity contribution in [3.63, 3.8) is 0 Å². The molecular formula is C18H23N5O3. The molecule has 26 heavy (non-hydrogen) atoms. The molecule has 8 nitrogen and oxygen atoms in total. The number of H-pyrrole nitrogens is 1. The first-order chi connectivity index (χ1) is 12.6. The third kappa shape index (κ3) is 4.02. The van der Waals surface area contributed by atoms with Crippen molar-refractivity contribution in [2.75, 3.05) is 38.2 Å². The van der Waals surface area contributed by atoms with E-state index in [0.29, 0.717) is 25.1 Å². The van der Waals surface area contributed by atoms with Crippen molar-refractivity contribution in [2.45, 2.75) is 12.5 Å². The molecule has 1 fully saturated rings. The van der Waals surface area contributed by atoms with E-state index in [4.69, 9.17) is 10.5 Å². The van der Waals surface area contributed by atoms with Crippen LogP contribution < -0.4 is 10.6 Å². The molecule has 0 spiro atoms. The second-order valence-electron chi connectivity index (χ2n) is 6.24. The third-order valence-electron chi connectivity index (χ3n) is 4.56. The number of nitrogens with two attached hydrogens (primary N) is 1. The maximum atomic E-state index is 12.5. The Morgan fingerprint density at radius 3 is 2.50 bits per heavy atom. The average molecular weight is 357 g/mol. The number of rotatable bonds is 5. The number of carbonyl (C=O) groups is 2. The number of aromatic amines is 1. The lowest BCUT2D eigenvalue weighted by Crippen LogP contribution is -2.53. The SMILES string of the molecule is COC(=O)c1ccc(N2CCN(C(=O)[C@@H](N)Cc3cnc[nH]3)CC2)cc1. The number of methoxy groups -OCH3 is 1. The lowest BCUT2D eigenvalue weighted by atomic mass is 10.1. The number of ether oxygens (including phenoxy) is 1. The summed E-state index contributed by atoms with van der Waals surface area (Å²) in [6.07, 6.45) is 3.72. The molecule has 0 aliphatic carbocycles. The summed E-state index contributed by atoms with van der Waals surface area (Å²) in [5.41, 5.74) is 8.45. The van der Waals surface area contributed by atoms with Gasteiger partial charge in [-0.25, -0.2) is 9.78 Å². The molecule has 8 heteroatoms. The standard InChI is InChI=1S/C18H23N5O3/c1-26-18(25)13-2-4-15(5-3-13)22-6-8-23(9-7-22)17(24)16(19)10-14-11-20-12-21-14/h2-5,11-12,16H,6-10,19H2,1H3,(H,20,21)/t16-/m0/s1. The summed E-state index contributed by atoms with van der Waals surface area (Å²) >= 11 is 0. The zero-order valence-electron chi connectivity index (χ0n) is 14.7. The minimum absolute atomic E-state index is 0.0414. The van der Waals surface area contributed by atoms with Crippen molar-refractivity contribution >= 4 is 17.6 Å². The zero-order valence-corrected chi connectivity index (χ0v) is 14.7. The lowest BCUT2D eigenvalue weighted by molar-refractivity contribution is -0.132. The lowest BCUT2D eigenvalue weighted by Gasteiger charge is -2.37. The van der Waals surface area contributed by atoms with Gasteiger partial charge in [0.1, 0.15) is 0 Å². The van der Waals surface area contributed by atoms with Crippen LogP contribution in [0, 0.1) is 0 Å². The maximum Gasteiger partial charge on any atom is 0.337 e. The summed E-state index contributed by atoms with van der Waals surface area (Å²) in [6.45, 7) is 2.68. The van der Waals surface area contributed by atoms with Crippen LogP contribution in [0.25, 0.3) is 0 Å². The van der Waals surface area contributed by atoms with E-state index in [1.54, 1.807) is 29.6 Å². The van der Waals surface area contributed by atoms with Crippen molar-refractivity contribution in [1.29, 1.82) is 0 Å². The molecule has 0 unspecified atom stereocenters. The smallest absolute Gasteiger partial charge is 0.337 e. The number of aromatic nitrogens is 2. The fourth-order valence-electron chi connectivity index (χ4n) is 3.07. The number of hydrogen-bond donors (Lipinski definition) is 2. The molecule has 2 heterocycles. The maximum absolute atomic E-state index is 12.5. The summed E-state index contributed by atoms with van der Waals surface area (Å²) in [4.78, 5) is 34.9. The van der Waals surface area contributed by atoms with Crippen molar-refractivity contribution in [1.82, 2.24) is 14.9 Å². The molecule has 1 saturated heterocycles. The highest BCUT2D eigenvalue weighted by Crippen LogP contribution is 2.18. The van der Waals surface area contributed by atoms with Crippen LogP contribution in [0.2, 0.25) is 0 Å². The summed E-state index contributed by atoms with van der Waals surface area (Å²) in [7, 11) is 1.36. The molecule has 138 valence electrons. The fourth-order valence-corrected chi connectivity index (χ4v) is 3.07. The van der Waals surface area contributed by atoms with E-state index in [1.165, 1.54) is 7.11 Å². The summed E-state index contributed by atoms with van der Waals surface area (Å²) < 4.78 is 4.71. The highest BCUT2D eigenvalue weighted by atomic mass is 16.5. The minimum atomic E-state index is -0.568. The molecule has 1 aliphatic heterocycles. The second-order valence-corrected chi connectivity index (χ2v) is 6.24. The Bertz CT molecular complexity index is 737. The van der Waals surface area contributed by atoms with Gasteiger partial charge in [0.05, 0.1) is 25.0 Å². The normalized spacial score (nSPS) is 15.6. The van der Waals surface area contributed by atoms with Crippen LogP contribution in [-0.2, 0) is 16.0 Å². The highest BCUT2D eigenvalue weighted by Gasteiger charge is 2.25. The number of benzene rings is 1. The van der Waals surface area contributed by atoms with Gasteiger partial charge in [-0.2, -0.15) is 0 Å². The van der Waals surface area contributed by atoms with E-state index in [0.717, 1.165) is 24.5 Å². The van der Waals surface area contributed by atoms with E-state index in [2.05, 4.69) is 14.9 Å². The Hall–Kier alpha value is -2.87. The van der Waals surface area contributed by atoms with E-state index >= 15 is 0 Å². The predicted molar refractivity (Wildman–Crippen MR) is 96.8 cm³/mol. The van der Waals surface area contributed by atoms with Crippen LogP contribution in [-0.4, -0.2) is 66.1 Å². The molecular weight excluding hydrogens is 334 g/mol. The third-order valence-corrected chi connectivity index (χ3v) is 4.56. The molecule has 0 radical (unpaired) electrons. The minimum Gasteiger partial charge on any atom is -0.465 e. The topological polar surface area (TPSA) is 105 Å². The van der Waals surface area contributed by atoms with E-state index < -0.39 is 6.04 Å². The predicted octanol–water partition coefficient (Wildman–Crippen LogP) is 0.415. The molecule has 3 N–H and O–H groups in total. The van der Waals surface area contributed by atoms with Gasteiger partial charge in [-0.05, 0) is 24.3 Å². The van der Waals surface area contributed by atoms with Crippen molar-refractivity contribution in [3.05, 3.63) is 48.0 Å². The molecule has 1 aromatic heterocycles. The Kier molecular flexibility index (Phi) is 5.52. The van der Waals surface area contributed by atoms with Crippen LogP contribution >= 0.6 is 0 Å². The Balaban J connectivity index is 1.53. The monoisotopic (exact) mass is 357 g/mol. The molecule has 1 amide bonds.